The van der Waals surface area contributed by atoms with Crippen LogP contribution in [0.25, 0.3) is 0 Å². The third-order valence-electron chi connectivity index (χ3n) is 2.09. The zero-order chi connectivity index (χ0) is 11.1. The van der Waals surface area contributed by atoms with Gasteiger partial charge in [0.15, 0.2) is 0 Å². The normalized spacial score (nSPS) is 10.3. The average Bonchev–Trinajstić information content (AvgIpc) is 2.20. The van der Waals surface area contributed by atoms with Crippen molar-refractivity contribution >= 4 is 5.69 Å². The van der Waals surface area contributed by atoms with E-state index in [1.54, 1.807) is 0 Å². The second-order valence-corrected chi connectivity index (χ2v) is 3.42. The highest BCUT2D eigenvalue weighted by Gasteiger charge is 1.99. The summed E-state index contributed by atoms with van der Waals surface area (Å²) in [5, 5.41) is 0. The van der Waals surface area contributed by atoms with Gasteiger partial charge < -0.3 is 15.2 Å². The van der Waals surface area contributed by atoms with E-state index in [2.05, 4.69) is 0 Å². The molecule has 3 heteroatoms. The van der Waals surface area contributed by atoms with E-state index in [0.717, 1.165) is 36.6 Å². The van der Waals surface area contributed by atoms with Crippen LogP contribution in [0, 0.1) is 6.92 Å². The van der Waals surface area contributed by atoms with Gasteiger partial charge in [0.05, 0.1) is 6.61 Å². The minimum absolute atomic E-state index is 0.685. The maximum Gasteiger partial charge on any atom is 0.122 e. The Hall–Kier alpha value is -1.22. The number of anilines is 1. The molecule has 0 fully saturated rings. The quantitative estimate of drug-likeness (QED) is 0.578. The van der Waals surface area contributed by atoms with Gasteiger partial charge in [0.25, 0.3) is 0 Å². The summed E-state index contributed by atoms with van der Waals surface area (Å²) in [5.74, 6) is 0.903. The van der Waals surface area contributed by atoms with Crippen LogP contribution in [0.1, 0.15) is 18.9 Å². The molecule has 0 aromatic heterocycles. The highest BCUT2D eigenvalue weighted by Crippen LogP contribution is 2.20. The molecule has 0 unspecified atom stereocenters. The zero-order valence-corrected chi connectivity index (χ0v) is 9.45. The van der Waals surface area contributed by atoms with E-state index in [1.807, 2.05) is 32.0 Å². The summed E-state index contributed by atoms with van der Waals surface area (Å²) in [4.78, 5) is 0. The van der Waals surface area contributed by atoms with E-state index < -0.39 is 0 Å². The number of benzene rings is 1. The SMILES string of the molecule is CCOCCCOc1ccc(N)cc1C. The van der Waals surface area contributed by atoms with Crippen molar-refractivity contribution < 1.29 is 9.47 Å². The lowest BCUT2D eigenvalue weighted by molar-refractivity contribution is 0.130. The number of nitrogens with two attached hydrogens (primary N) is 1. The summed E-state index contributed by atoms with van der Waals surface area (Å²) in [6.07, 6.45) is 0.914. The van der Waals surface area contributed by atoms with Crippen molar-refractivity contribution in [3.63, 3.8) is 0 Å². The molecule has 84 valence electrons. The number of aryl methyl sites for hydroxylation is 1. The summed E-state index contributed by atoms with van der Waals surface area (Å²) >= 11 is 0. The van der Waals surface area contributed by atoms with Gasteiger partial charge in [-0.15, -0.1) is 0 Å². The van der Waals surface area contributed by atoms with E-state index in [1.165, 1.54) is 0 Å². The Morgan fingerprint density at radius 1 is 1.27 bits per heavy atom. The van der Waals surface area contributed by atoms with Crippen LogP contribution in [0.4, 0.5) is 5.69 Å². The Balaban J connectivity index is 2.31. The summed E-state index contributed by atoms with van der Waals surface area (Å²) in [5.41, 5.74) is 7.49. The van der Waals surface area contributed by atoms with Crippen molar-refractivity contribution in [3.8, 4) is 5.75 Å². The number of hydrogen-bond donors (Lipinski definition) is 1. The molecule has 0 atom stereocenters. The van der Waals surface area contributed by atoms with Crippen molar-refractivity contribution in [1.29, 1.82) is 0 Å². The van der Waals surface area contributed by atoms with Gasteiger partial charge in [0.1, 0.15) is 5.75 Å². The van der Waals surface area contributed by atoms with Crippen LogP contribution in [0.15, 0.2) is 18.2 Å². The number of ether oxygens (including phenoxy) is 2. The fourth-order valence-corrected chi connectivity index (χ4v) is 1.32. The predicted molar refractivity (Wildman–Crippen MR) is 62.2 cm³/mol. The minimum atomic E-state index is 0.685. The van der Waals surface area contributed by atoms with Gasteiger partial charge in [-0.05, 0) is 37.6 Å². The van der Waals surface area contributed by atoms with Crippen LogP contribution in [0.3, 0.4) is 0 Å². The van der Waals surface area contributed by atoms with Crippen LogP contribution >= 0.6 is 0 Å². The van der Waals surface area contributed by atoms with Crippen LogP contribution in [0.2, 0.25) is 0 Å². The molecule has 15 heavy (non-hydrogen) atoms. The molecule has 0 aliphatic carbocycles. The predicted octanol–water partition coefficient (Wildman–Crippen LogP) is 2.38. The molecule has 2 N–H and O–H groups in total. The summed E-state index contributed by atoms with van der Waals surface area (Å²) < 4.78 is 10.8. The molecule has 0 amide bonds. The Bertz CT molecular complexity index is 300. The number of hydrogen-bond acceptors (Lipinski definition) is 3. The Morgan fingerprint density at radius 2 is 2.07 bits per heavy atom. The maximum atomic E-state index is 5.65. The second kappa shape index (κ2) is 6.30. The van der Waals surface area contributed by atoms with Crippen molar-refractivity contribution in [2.24, 2.45) is 0 Å². The molecule has 1 rings (SSSR count). The fraction of sp³-hybridized carbons (Fsp3) is 0.500. The Morgan fingerprint density at radius 3 is 2.73 bits per heavy atom. The van der Waals surface area contributed by atoms with Crippen LogP contribution in [-0.4, -0.2) is 19.8 Å². The highest BCUT2D eigenvalue weighted by atomic mass is 16.5. The topological polar surface area (TPSA) is 44.5 Å². The number of rotatable bonds is 6. The van der Waals surface area contributed by atoms with Crippen molar-refractivity contribution in [2.45, 2.75) is 20.3 Å². The van der Waals surface area contributed by atoms with Crippen molar-refractivity contribution in [1.82, 2.24) is 0 Å². The molecular formula is C12H19NO2. The van der Waals surface area contributed by atoms with Gasteiger partial charge in [-0.1, -0.05) is 0 Å². The first-order valence-corrected chi connectivity index (χ1v) is 5.30. The van der Waals surface area contributed by atoms with Gasteiger partial charge in [-0.25, -0.2) is 0 Å². The number of nitrogen functional groups attached to an aromatic ring is 1. The maximum absolute atomic E-state index is 5.65. The second-order valence-electron chi connectivity index (χ2n) is 3.42. The van der Waals surface area contributed by atoms with E-state index in [0.29, 0.717) is 6.61 Å². The molecule has 0 bridgehead atoms. The summed E-state index contributed by atoms with van der Waals surface area (Å²) in [6, 6.07) is 5.67. The Kier molecular flexibility index (Phi) is 4.98. The molecular weight excluding hydrogens is 190 g/mol. The van der Waals surface area contributed by atoms with Crippen LogP contribution < -0.4 is 10.5 Å². The van der Waals surface area contributed by atoms with Gasteiger partial charge in [0, 0.05) is 25.3 Å². The molecule has 0 saturated heterocycles. The fourth-order valence-electron chi connectivity index (χ4n) is 1.32. The molecule has 0 heterocycles. The lowest BCUT2D eigenvalue weighted by Crippen LogP contribution is -2.03. The largest absolute Gasteiger partial charge is 0.493 e. The minimum Gasteiger partial charge on any atom is -0.493 e. The molecule has 0 spiro atoms. The first-order valence-electron chi connectivity index (χ1n) is 5.30. The molecule has 0 aliphatic rings. The van der Waals surface area contributed by atoms with Crippen LogP contribution in [-0.2, 0) is 4.74 Å². The van der Waals surface area contributed by atoms with Gasteiger partial charge >= 0.3 is 0 Å². The standard InChI is InChI=1S/C12H19NO2/c1-3-14-7-4-8-15-12-6-5-11(13)9-10(12)2/h5-6,9H,3-4,7-8,13H2,1-2H3. The van der Waals surface area contributed by atoms with Crippen molar-refractivity contribution in [3.05, 3.63) is 23.8 Å². The third kappa shape index (κ3) is 4.21. The van der Waals surface area contributed by atoms with Gasteiger partial charge in [0.2, 0.25) is 0 Å². The monoisotopic (exact) mass is 209 g/mol. The van der Waals surface area contributed by atoms with E-state index in [-0.39, 0.29) is 0 Å². The molecule has 0 aliphatic heterocycles. The zero-order valence-electron chi connectivity index (χ0n) is 9.45. The van der Waals surface area contributed by atoms with E-state index in [9.17, 15) is 0 Å². The van der Waals surface area contributed by atoms with Gasteiger partial charge in [-0.3, -0.25) is 0 Å². The molecule has 3 nitrogen and oxygen atoms in total. The van der Waals surface area contributed by atoms with Crippen LogP contribution in [0.5, 0.6) is 5.75 Å². The Labute approximate surface area is 91.2 Å². The average molecular weight is 209 g/mol. The summed E-state index contributed by atoms with van der Waals surface area (Å²) in [7, 11) is 0. The third-order valence-corrected chi connectivity index (χ3v) is 2.09. The summed E-state index contributed by atoms with van der Waals surface area (Å²) in [6.45, 7) is 6.19. The first kappa shape index (κ1) is 11.9. The van der Waals surface area contributed by atoms with E-state index >= 15 is 0 Å². The highest BCUT2D eigenvalue weighted by molar-refractivity contribution is 5.47. The van der Waals surface area contributed by atoms with Gasteiger partial charge in [-0.2, -0.15) is 0 Å². The van der Waals surface area contributed by atoms with E-state index in [4.69, 9.17) is 15.2 Å². The molecule has 1 aromatic rings. The first-order chi connectivity index (χ1) is 7.24. The van der Waals surface area contributed by atoms with Crippen molar-refractivity contribution in [2.75, 3.05) is 25.6 Å². The lowest BCUT2D eigenvalue weighted by Gasteiger charge is -2.09. The lowest BCUT2D eigenvalue weighted by atomic mass is 10.2. The molecule has 0 saturated carbocycles. The molecule has 1 aromatic carbocycles. The molecule has 0 radical (unpaired) electrons. The smallest absolute Gasteiger partial charge is 0.122 e.